The molecule has 1 aliphatic heterocycles. The lowest BCUT2D eigenvalue weighted by molar-refractivity contribution is 0.0391. The number of carbonyl (C=O) groups excluding carboxylic acids is 1. The Balaban J connectivity index is 1.66. The molecule has 0 aliphatic carbocycles. The number of sulfone groups is 1. The summed E-state index contributed by atoms with van der Waals surface area (Å²) in [5.41, 5.74) is 0.272. The summed E-state index contributed by atoms with van der Waals surface area (Å²) in [5.74, 6) is -1.91. The van der Waals surface area contributed by atoms with Crippen LogP contribution in [0.25, 0.3) is 10.2 Å². The van der Waals surface area contributed by atoms with Crippen LogP contribution >= 0.6 is 11.3 Å². The molecule has 4 rings (SSSR count). The molecule has 0 bridgehead atoms. The average Bonchev–Trinajstić information content (AvgIpc) is 3.18. The van der Waals surface area contributed by atoms with Crippen LogP contribution in [0.15, 0.2) is 41.3 Å². The predicted molar refractivity (Wildman–Crippen MR) is 118 cm³/mol. The minimum Gasteiger partial charge on any atom is -0.379 e. The third-order valence-corrected chi connectivity index (χ3v) is 7.30. The van der Waals surface area contributed by atoms with Crippen LogP contribution in [0.2, 0.25) is 0 Å². The minimum absolute atomic E-state index is 0.00277. The van der Waals surface area contributed by atoms with Crippen LogP contribution in [0.1, 0.15) is 10.4 Å². The van der Waals surface area contributed by atoms with E-state index in [1.165, 1.54) is 35.2 Å². The summed E-state index contributed by atoms with van der Waals surface area (Å²) in [5, 5.41) is 0.245. The first-order valence-corrected chi connectivity index (χ1v) is 12.6. The number of nitrogens with zero attached hydrogens (tertiary/aromatic N) is 3. The number of aromatic nitrogens is 1. The zero-order valence-electron chi connectivity index (χ0n) is 17.3. The molecular weight excluding hydrogens is 460 g/mol. The maximum absolute atomic E-state index is 14.2. The largest absolute Gasteiger partial charge is 0.379 e. The number of anilines is 1. The highest BCUT2D eigenvalue weighted by atomic mass is 32.2. The molecule has 11 heteroatoms. The minimum atomic E-state index is -3.40. The number of fused-ring (bicyclic) bond motifs is 1. The highest BCUT2D eigenvalue weighted by Crippen LogP contribution is 2.32. The van der Waals surface area contributed by atoms with Gasteiger partial charge in [0.1, 0.15) is 11.3 Å². The van der Waals surface area contributed by atoms with E-state index < -0.39 is 27.4 Å². The molecule has 1 saturated heterocycles. The van der Waals surface area contributed by atoms with Gasteiger partial charge < -0.3 is 4.74 Å². The van der Waals surface area contributed by atoms with Gasteiger partial charge in [-0.1, -0.05) is 11.3 Å². The monoisotopic (exact) mass is 481 g/mol. The van der Waals surface area contributed by atoms with Crippen molar-refractivity contribution in [2.75, 3.05) is 50.5 Å². The molecule has 32 heavy (non-hydrogen) atoms. The number of morpholine rings is 1. The van der Waals surface area contributed by atoms with Crippen molar-refractivity contribution >= 4 is 42.4 Å². The molecule has 0 N–H and O–H groups in total. The smallest absolute Gasteiger partial charge is 0.260 e. The van der Waals surface area contributed by atoms with Gasteiger partial charge in [-0.15, -0.1) is 0 Å². The maximum atomic E-state index is 14.2. The number of hydrogen-bond acceptors (Lipinski definition) is 7. The highest BCUT2D eigenvalue weighted by Gasteiger charge is 2.24. The van der Waals surface area contributed by atoms with E-state index in [0.717, 1.165) is 36.7 Å². The molecule has 2 aromatic carbocycles. The van der Waals surface area contributed by atoms with Gasteiger partial charge in [0, 0.05) is 44.1 Å². The number of benzene rings is 2. The van der Waals surface area contributed by atoms with Crippen LogP contribution in [0.4, 0.5) is 13.9 Å². The summed E-state index contributed by atoms with van der Waals surface area (Å²) in [7, 11) is -3.40. The Hall–Kier alpha value is -2.47. The van der Waals surface area contributed by atoms with Crippen molar-refractivity contribution < 1.29 is 26.7 Å². The zero-order chi connectivity index (χ0) is 22.9. The molecule has 0 saturated carbocycles. The lowest BCUT2D eigenvalue weighted by atomic mass is 10.2. The Labute approximate surface area is 188 Å². The van der Waals surface area contributed by atoms with Crippen LogP contribution in [0.5, 0.6) is 0 Å². The molecule has 170 valence electrons. The Morgan fingerprint density at radius 1 is 1.19 bits per heavy atom. The van der Waals surface area contributed by atoms with E-state index in [1.807, 2.05) is 0 Å². The zero-order valence-corrected chi connectivity index (χ0v) is 18.9. The second-order valence-corrected chi connectivity index (χ2v) is 10.5. The quantitative estimate of drug-likeness (QED) is 0.539. The van der Waals surface area contributed by atoms with Gasteiger partial charge >= 0.3 is 0 Å². The molecule has 0 radical (unpaired) electrons. The molecule has 1 aromatic heterocycles. The molecular formula is C21H21F2N3O4S2. The molecule has 0 atom stereocenters. The number of thiazole rings is 1. The average molecular weight is 482 g/mol. The molecule has 3 aromatic rings. The first-order chi connectivity index (χ1) is 15.2. The number of ether oxygens (including phenoxy) is 1. The number of amides is 1. The van der Waals surface area contributed by atoms with Crippen LogP contribution in [0.3, 0.4) is 0 Å². The van der Waals surface area contributed by atoms with Crippen molar-refractivity contribution in [1.29, 1.82) is 0 Å². The Morgan fingerprint density at radius 3 is 2.53 bits per heavy atom. The number of halogens is 2. The van der Waals surface area contributed by atoms with Crippen molar-refractivity contribution in [3.05, 3.63) is 53.6 Å². The van der Waals surface area contributed by atoms with E-state index in [9.17, 15) is 22.0 Å². The van der Waals surface area contributed by atoms with Crippen molar-refractivity contribution in [3.63, 3.8) is 0 Å². The highest BCUT2D eigenvalue weighted by molar-refractivity contribution is 7.90. The van der Waals surface area contributed by atoms with Gasteiger partial charge in [0.05, 0.1) is 22.8 Å². The van der Waals surface area contributed by atoms with E-state index in [1.54, 1.807) is 0 Å². The van der Waals surface area contributed by atoms with Crippen LogP contribution in [0, 0.1) is 11.6 Å². The molecule has 0 unspecified atom stereocenters. The third kappa shape index (κ3) is 4.96. The van der Waals surface area contributed by atoms with Crippen molar-refractivity contribution in [1.82, 2.24) is 9.88 Å². The second kappa shape index (κ2) is 9.18. The van der Waals surface area contributed by atoms with Crippen LogP contribution < -0.4 is 4.90 Å². The van der Waals surface area contributed by atoms with Crippen molar-refractivity contribution in [3.8, 4) is 0 Å². The van der Waals surface area contributed by atoms with E-state index in [2.05, 4.69) is 9.88 Å². The van der Waals surface area contributed by atoms with Gasteiger partial charge in [0.15, 0.2) is 20.8 Å². The maximum Gasteiger partial charge on any atom is 0.260 e. The first-order valence-electron chi connectivity index (χ1n) is 9.90. The second-order valence-electron chi connectivity index (χ2n) is 7.44. The van der Waals surface area contributed by atoms with E-state index >= 15 is 0 Å². The summed E-state index contributed by atoms with van der Waals surface area (Å²) < 4.78 is 56.9. The van der Waals surface area contributed by atoms with Crippen LogP contribution in [-0.4, -0.2) is 69.9 Å². The molecule has 1 amide bonds. The Kier molecular flexibility index (Phi) is 6.52. The summed E-state index contributed by atoms with van der Waals surface area (Å²) >= 11 is 1.03. The Bertz CT molecular complexity index is 1240. The fraction of sp³-hybridized carbons (Fsp3) is 0.333. The van der Waals surface area contributed by atoms with Gasteiger partial charge in [-0.2, -0.15) is 0 Å². The number of hydrogen-bond donors (Lipinski definition) is 0. The first kappa shape index (κ1) is 22.7. The van der Waals surface area contributed by atoms with E-state index in [4.69, 9.17) is 4.74 Å². The summed E-state index contributed by atoms with van der Waals surface area (Å²) in [6.45, 7) is 3.48. The van der Waals surface area contributed by atoms with E-state index in [-0.39, 0.29) is 27.7 Å². The summed E-state index contributed by atoms with van der Waals surface area (Å²) in [4.78, 5) is 21.3. The number of carbonyl (C=O) groups is 1. The van der Waals surface area contributed by atoms with Gasteiger partial charge in [-0.3, -0.25) is 14.6 Å². The van der Waals surface area contributed by atoms with Gasteiger partial charge in [0.2, 0.25) is 0 Å². The summed E-state index contributed by atoms with van der Waals surface area (Å²) in [6, 6.07) is 7.56. The summed E-state index contributed by atoms with van der Waals surface area (Å²) in [6.07, 6.45) is 1.09. The molecule has 1 fully saturated rings. The predicted octanol–water partition coefficient (Wildman–Crippen LogP) is 2.96. The fourth-order valence-corrected chi connectivity index (χ4v) is 5.07. The SMILES string of the molecule is CS(=O)(=O)c1ccc(C(=O)N(CCN2CCOCC2)c2nc3c(F)cc(F)cc3s2)cc1. The molecule has 1 aliphatic rings. The van der Waals surface area contributed by atoms with Crippen molar-refractivity contribution in [2.45, 2.75) is 4.90 Å². The standard InChI is InChI=1S/C21H21F2N3O4S2/c1-32(28,29)16-4-2-14(3-5-16)20(27)26(7-6-25-8-10-30-11-9-25)21-24-19-17(23)12-15(22)13-18(19)31-21/h2-5,12-13H,6-11H2,1H3. The molecule has 2 heterocycles. The normalized spacial score (nSPS) is 15.2. The van der Waals surface area contributed by atoms with Crippen molar-refractivity contribution in [2.24, 2.45) is 0 Å². The van der Waals surface area contributed by atoms with Crippen LogP contribution in [-0.2, 0) is 14.6 Å². The van der Waals surface area contributed by atoms with Gasteiger partial charge in [-0.25, -0.2) is 22.2 Å². The van der Waals surface area contributed by atoms with E-state index in [0.29, 0.717) is 24.5 Å². The number of rotatable bonds is 6. The molecule has 0 spiro atoms. The Morgan fingerprint density at radius 2 is 1.88 bits per heavy atom. The molecule has 7 nitrogen and oxygen atoms in total. The topological polar surface area (TPSA) is 79.8 Å². The third-order valence-electron chi connectivity index (χ3n) is 5.15. The lowest BCUT2D eigenvalue weighted by Gasteiger charge is -2.29. The lowest BCUT2D eigenvalue weighted by Crippen LogP contribution is -2.43. The fourth-order valence-electron chi connectivity index (χ4n) is 3.41. The van der Waals surface area contributed by atoms with Gasteiger partial charge in [-0.05, 0) is 30.3 Å². The van der Waals surface area contributed by atoms with Gasteiger partial charge in [0.25, 0.3) is 5.91 Å².